The first-order valence-electron chi connectivity index (χ1n) is 16.0. The second-order valence-electron chi connectivity index (χ2n) is 11.9. The van der Waals surface area contributed by atoms with Crippen LogP contribution in [0.1, 0.15) is 61.1 Å². The van der Waals surface area contributed by atoms with E-state index in [1.807, 2.05) is 48.5 Å². The lowest BCUT2D eigenvalue weighted by Crippen LogP contribution is -2.49. The highest BCUT2D eigenvalue weighted by Crippen LogP contribution is 2.27. The monoisotopic (exact) mass is 578 g/mol. The maximum atomic E-state index is 14.1. The number of piperidine rings is 1. The van der Waals surface area contributed by atoms with Crippen molar-refractivity contribution in [1.29, 1.82) is 0 Å². The highest BCUT2D eigenvalue weighted by Gasteiger charge is 2.32. The first kappa shape index (κ1) is 30.7. The molecule has 0 aromatic heterocycles. The minimum absolute atomic E-state index is 0.0231. The molecule has 3 aromatic rings. The van der Waals surface area contributed by atoms with E-state index in [9.17, 15) is 9.59 Å². The largest absolute Gasteiger partial charge is 0.351 e. The number of carbonyl (C=O) groups excluding carboxylic acids is 2. The van der Waals surface area contributed by atoms with Crippen molar-refractivity contribution in [2.75, 3.05) is 39.3 Å². The molecule has 0 bridgehead atoms. The third-order valence-electron chi connectivity index (χ3n) is 8.77. The quantitative estimate of drug-likeness (QED) is 0.280. The summed E-state index contributed by atoms with van der Waals surface area (Å²) in [6, 6.07) is 30.6. The Morgan fingerprint density at radius 1 is 0.860 bits per heavy atom. The molecule has 2 fully saturated rings. The molecule has 2 amide bonds. The minimum atomic E-state index is -0.263. The summed E-state index contributed by atoms with van der Waals surface area (Å²) in [7, 11) is 0. The van der Waals surface area contributed by atoms with Gasteiger partial charge in [0.25, 0.3) is 0 Å². The van der Waals surface area contributed by atoms with E-state index in [-0.39, 0.29) is 29.8 Å². The Morgan fingerprint density at radius 3 is 2.14 bits per heavy atom. The molecule has 2 atom stereocenters. The first-order valence-corrected chi connectivity index (χ1v) is 16.0. The predicted molar refractivity (Wildman–Crippen MR) is 175 cm³/mol. The zero-order chi connectivity index (χ0) is 29.7. The summed E-state index contributed by atoms with van der Waals surface area (Å²) in [5, 5.41) is 6.74. The highest BCUT2D eigenvalue weighted by molar-refractivity contribution is 5.91. The normalized spacial score (nSPS) is 19.9. The maximum Gasteiger partial charge on any atom is 0.244 e. The summed E-state index contributed by atoms with van der Waals surface area (Å²) in [6.07, 6.45) is 9.86. The molecule has 6 heteroatoms. The fourth-order valence-electron chi connectivity index (χ4n) is 6.35. The van der Waals surface area contributed by atoms with Gasteiger partial charge in [0.15, 0.2) is 0 Å². The van der Waals surface area contributed by atoms with Gasteiger partial charge in [-0.15, -0.1) is 0 Å². The molecule has 0 aliphatic carbocycles. The van der Waals surface area contributed by atoms with Crippen LogP contribution in [-0.4, -0.2) is 73.0 Å². The number of likely N-dealkylation sites (tertiary alicyclic amines) is 1. The molecule has 43 heavy (non-hydrogen) atoms. The SMILES string of the molecule is O=C(/C=C/c1ccccc1)NCC1CCN(CC(c2ccccc2)c2ccccc2)C(=O)[C@H](CCCN2CCCCC2)N1. The van der Waals surface area contributed by atoms with E-state index in [1.54, 1.807) is 6.08 Å². The zero-order valence-electron chi connectivity index (χ0n) is 25.2. The van der Waals surface area contributed by atoms with E-state index in [2.05, 4.69) is 69.0 Å². The average Bonchev–Trinajstić information content (AvgIpc) is 3.21. The molecule has 0 radical (unpaired) electrons. The van der Waals surface area contributed by atoms with Gasteiger partial charge in [0.1, 0.15) is 0 Å². The molecule has 0 spiro atoms. The van der Waals surface area contributed by atoms with Crippen molar-refractivity contribution in [3.8, 4) is 0 Å². The van der Waals surface area contributed by atoms with Gasteiger partial charge in [0, 0.05) is 37.7 Å². The summed E-state index contributed by atoms with van der Waals surface area (Å²) >= 11 is 0. The van der Waals surface area contributed by atoms with Gasteiger partial charge in [-0.25, -0.2) is 0 Å². The second kappa shape index (κ2) is 16.2. The van der Waals surface area contributed by atoms with Crippen LogP contribution in [0.15, 0.2) is 97.1 Å². The molecule has 2 heterocycles. The van der Waals surface area contributed by atoms with Crippen LogP contribution in [-0.2, 0) is 9.59 Å². The lowest BCUT2D eigenvalue weighted by molar-refractivity contribution is -0.133. The van der Waals surface area contributed by atoms with Crippen LogP contribution in [0, 0.1) is 0 Å². The zero-order valence-corrected chi connectivity index (χ0v) is 25.2. The van der Waals surface area contributed by atoms with Crippen molar-refractivity contribution in [3.05, 3.63) is 114 Å². The van der Waals surface area contributed by atoms with Crippen molar-refractivity contribution in [1.82, 2.24) is 20.4 Å². The number of benzene rings is 3. The van der Waals surface area contributed by atoms with Gasteiger partial charge < -0.3 is 20.4 Å². The average molecular weight is 579 g/mol. The Morgan fingerprint density at radius 2 is 1.49 bits per heavy atom. The van der Waals surface area contributed by atoms with Gasteiger partial charge >= 0.3 is 0 Å². The minimum Gasteiger partial charge on any atom is -0.351 e. The predicted octanol–water partition coefficient (Wildman–Crippen LogP) is 5.47. The summed E-state index contributed by atoms with van der Waals surface area (Å²) in [4.78, 5) is 31.4. The van der Waals surface area contributed by atoms with E-state index >= 15 is 0 Å². The standard InChI is InChI=1S/C37H46N4O2/c42-36(22-21-30-14-5-1-6-15-30)38-28-33-23-27-41(37(43)35(39-33)20-13-26-40-24-11-4-12-25-40)29-34(31-16-7-2-8-17-31)32-18-9-3-10-19-32/h1-3,5-10,14-19,21-22,33-35,39H,4,11-13,20,23-29H2,(H,38,42)/b22-21+/t33?,35-/m0/s1. The van der Waals surface area contributed by atoms with Gasteiger partial charge in [-0.1, -0.05) is 97.4 Å². The summed E-state index contributed by atoms with van der Waals surface area (Å²) < 4.78 is 0. The maximum absolute atomic E-state index is 14.1. The Balaban J connectivity index is 1.27. The highest BCUT2D eigenvalue weighted by atomic mass is 16.2. The molecule has 2 aliphatic rings. The summed E-state index contributed by atoms with van der Waals surface area (Å²) in [6.45, 7) is 5.15. The second-order valence-corrected chi connectivity index (χ2v) is 11.9. The first-order chi connectivity index (χ1) is 21.2. The molecule has 3 aromatic carbocycles. The molecule has 2 N–H and O–H groups in total. The molecular weight excluding hydrogens is 532 g/mol. The number of hydrogen-bond donors (Lipinski definition) is 2. The van der Waals surface area contributed by atoms with E-state index in [0.717, 1.165) is 31.4 Å². The van der Waals surface area contributed by atoms with Crippen molar-refractivity contribution in [2.45, 2.75) is 56.5 Å². The number of nitrogens with one attached hydrogen (secondary N) is 2. The topological polar surface area (TPSA) is 64.7 Å². The van der Waals surface area contributed by atoms with Crippen LogP contribution in [0.5, 0.6) is 0 Å². The van der Waals surface area contributed by atoms with Crippen LogP contribution in [0.3, 0.4) is 0 Å². The molecular formula is C37H46N4O2. The fourth-order valence-corrected chi connectivity index (χ4v) is 6.35. The molecule has 6 nitrogen and oxygen atoms in total. The van der Waals surface area contributed by atoms with Crippen molar-refractivity contribution >= 4 is 17.9 Å². The van der Waals surface area contributed by atoms with E-state index < -0.39 is 0 Å². The Bertz CT molecular complexity index is 1250. The molecule has 226 valence electrons. The Labute approximate surface area is 257 Å². The van der Waals surface area contributed by atoms with Crippen LogP contribution in [0.2, 0.25) is 0 Å². The Kier molecular flexibility index (Phi) is 11.6. The van der Waals surface area contributed by atoms with Crippen molar-refractivity contribution in [2.24, 2.45) is 0 Å². The molecule has 2 saturated heterocycles. The van der Waals surface area contributed by atoms with Crippen LogP contribution < -0.4 is 10.6 Å². The third-order valence-corrected chi connectivity index (χ3v) is 8.77. The smallest absolute Gasteiger partial charge is 0.244 e. The van der Waals surface area contributed by atoms with Gasteiger partial charge in [0.05, 0.1) is 6.04 Å². The van der Waals surface area contributed by atoms with Crippen LogP contribution >= 0.6 is 0 Å². The van der Waals surface area contributed by atoms with E-state index in [1.165, 1.54) is 43.5 Å². The molecule has 0 saturated carbocycles. The van der Waals surface area contributed by atoms with Gasteiger partial charge in [0.2, 0.25) is 11.8 Å². The number of amides is 2. The number of rotatable bonds is 12. The lowest BCUT2D eigenvalue weighted by atomic mass is 9.90. The number of carbonyl (C=O) groups is 2. The van der Waals surface area contributed by atoms with E-state index in [4.69, 9.17) is 0 Å². The van der Waals surface area contributed by atoms with Gasteiger partial charge in [-0.05, 0) is 74.5 Å². The summed E-state index contributed by atoms with van der Waals surface area (Å²) in [5.41, 5.74) is 3.43. The van der Waals surface area contributed by atoms with Gasteiger partial charge in [-0.2, -0.15) is 0 Å². The molecule has 5 rings (SSSR count). The summed E-state index contributed by atoms with van der Waals surface area (Å²) in [5.74, 6) is 0.154. The van der Waals surface area contributed by atoms with E-state index in [0.29, 0.717) is 19.6 Å². The van der Waals surface area contributed by atoms with Gasteiger partial charge in [-0.3, -0.25) is 9.59 Å². The van der Waals surface area contributed by atoms with Crippen LogP contribution in [0.25, 0.3) is 6.08 Å². The third kappa shape index (κ3) is 9.37. The number of nitrogens with zero attached hydrogens (tertiary/aromatic N) is 2. The number of hydrogen-bond acceptors (Lipinski definition) is 4. The molecule has 2 aliphatic heterocycles. The fraction of sp³-hybridized carbons (Fsp3) is 0.405. The van der Waals surface area contributed by atoms with Crippen molar-refractivity contribution in [3.63, 3.8) is 0 Å². The lowest BCUT2D eigenvalue weighted by Gasteiger charge is -2.30. The van der Waals surface area contributed by atoms with Crippen molar-refractivity contribution < 1.29 is 9.59 Å². The van der Waals surface area contributed by atoms with Crippen LogP contribution in [0.4, 0.5) is 0 Å². The Hall–Kier alpha value is -3.74. The molecule has 1 unspecified atom stereocenters.